The summed E-state index contributed by atoms with van der Waals surface area (Å²) in [5, 5.41) is 3.38. The minimum atomic E-state index is -0.158. The predicted octanol–water partition coefficient (Wildman–Crippen LogP) is 3.35. The van der Waals surface area contributed by atoms with Gasteiger partial charge in [0.2, 0.25) is 5.91 Å². The number of hydrogen-bond donors (Lipinski definition) is 1. The van der Waals surface area contributed by atoms with Crippen LogP contribution in [0.15, 0.2) is 48.5 Å². The van der Waals surface area contributed by atoms with E-state index in [0.717, 1.165) is 5.56 Å². The van der Waals surface area contributed by atoms with Crippen LogP contribution in [0.2, 0.25) is 10.0 Å². The fourth-order valence-electron chi connectivity index (χ4n) is 3.15. The first-order valence-electron chi connectivity index (χ1n) is 9.42. The molecule has 3 rings (SSSR count). The zero-order chi connectivity index (χ0) is 21.7. The van der Waals surface area contributed by atoms with E-state index in [1.165, 1.54) is 6.08 Å². The summed E-state index contributed by atoms with van der Waals surface area (Å²) in [5.74, 6) is -0.435. The Kier molecular flexibility index (Phi) is 7.13. The van der Waals surface area contributed by atoms with Crippen LogP contribution in [0, 0.1) is 0 Å². The van der Waals surface area contributed by atoms with Crippen LogP contribution >= 0.6 is 23.2 Å². The average Bonchev–Trinajstić information content (AvgIpc) is 2.76. The second kappa shape index (κ2) is 9.78. The quantitative estimate of drug-likeness (QED) is 0.733. The number of piperazine rings is 1. The monoisotopic (exact) mass is 445 g/mol. The molecule has 2 aromatic carbocycles. The molecule has 8 heteroatoms. The second-order valence-corrected chi connectivity index (χ2v) is 7.68. The Bertz CT molecular complexity index is 961. The first-order valence-corrected chi connectivity index (χ1v) is 10.2. The molecule has 1 N–H and O–H groups in total. The van der Waals surface area contributed by atoms with E-state index in [1.54, 1.807) is 65.4 Å². The molecule has 0 aromatic heterocycles. The fraction of sp³-hybridized carbons (Fsp3) is 0.227. The van der Waals surface area contributed by atoms with Crippen LogP contribution in [0.25, 0.3) is 6.08 Å². The van der Waals surface area contributed by atoms with Crippen molar-refractivity contribution >= 4 is 47.0 Å². The lowest BCUT2D eigenvalue weighted by Gasteiger charge is -2.34. The highest BCUT2D eigenvalue weighted by atomic mass is 35.5. The molecule has 0 atom stereocenters. The fourth-order valence-corrected chi connectivity index (χ4v) is 3.68. The minimum absolute atomic E-state index is 0.122. The van der Waals surface area contributed by atoms with E-state index in [9.17, 15) is 14.4 Å². The van der Waals surface area contributed by atoms with Gasteiger partial charge in [-0.15, -0.1) is 0 Å². The molecule has 6 nitrogen and oxygen atoms in total. The summed E-state index contributed by atoms with van der Waals surface area (Å²) in [5.41, 5.74) is 1.82. The highest BCUT2D eigenvalue weighted by Gasteiger charge is 2.24. The largest absolute Gasteiger partial charge is 0.355 e. The van der Waals surface area contributed by atoms with Gasteiger partial charge in [0.1, 0.15) is 0 Å². The second-order valence-electron chi connectivity index (χ2n) is 6.81. The number of carbonyl (C=O) groups is 3. The molecular weight excluding hydrogens is 425 g/mol. The molecule has 0 saturated carbocycles. The maximum atomic E-state index is 12.7. The zero-order valence-electron chi connectivity index (χ0n) is 16.4. The van der Waals surface area contributed by atoms with Crippen molar-refractivity contribution in [2.45, 2.75) is 0 Å². The van der Waals surface area contributed by atoms with Crippen molar-refractivity contribution in [3.05, 3.63) is 75.3 Å². The smallest absolute Gasteiger partial charge is 0.254 e. The molecule has 30 heavy (non-hydrogen) atoms. The van der Waals surface area contributed by atoms with Crippen molar-refractivity contribution in [2.24, 2.45) is 0 Å². The minimum Gasteiger partial charge on any atom is -0.355 e. The van der Waals surface area contributed by atoms with E-state index in [2.05, 4.69) is 5.32 Å². The first kappa shape index (κ1) is 21.9. The van der Waals surface area contributed by atoms with E-state index < -0.39 is 0 Å². The summed E-state index contributed by atoms with van der Waals surface area (Å²) >= 11 is 12.0. The molecule has 1 saturated heterocycles. The van der Waals surface area contributed by atoms with Gasteiger partial charge in [0.05, 0.1) is 0 Å². The molecule has 1 fully saturated rings. The van der Waals surface area contributed by atoms with Crippen molar-refractivity contribution in [2.75, 3.05) is 33.2 Å². The van der Waals surface area contributed by atoms with Gasteiger partial charge in [-0.3, -0.25) is 14.4 Å². The lowest BCUT2D eigenvalue weighted by atomic mass is 10.1. The van der Waals surface area contributed by atoms with E-state index in [-0.39, 0.29) is 17.7 Å². The molecule has 0 spiro atoms. The Morgan fingerprint density at radius 2 is 1.43 bits per heavy atom. The Hall–Kier alpha value is -2.83. The number of amides is 3. The normalized spacial score (nSPS) is 14.1. The summed E-state index contributed by atoms with van der Waals surface area (Å²) in [4.78, 5) is 40.1. The summed E-state index contributed by atoms with van der Waals surface area (Å²) in [6.45, 7) is 1.75. The van der Waals surface area contributed by atoms with E-state index in [4.69, 9.17) is 23.2 Å². The molecule has 0 aliphatic carbocycles. The van der Waals surface area contributed by atoms with Crippen molar-refractivity contribution in [1.82, 2.24) is 15.1 Å². The number of carbonyl (C=O) groups excluding carboxylic acids is 3. The van der Waals surface area contributed by atoms with E-state index in [1.807, 2.05) is 0 Å². The molecule has 0 bridgehead atoms. The first-order chi connectivity index (χ1) is 14.4. The van der Waals surface area contributed by atoms with Gasteiger partial charge in [0.15, 0.2) is 0 Å². The summed E-state index contributed by atoms with van der Waals surface area (Å²) in [6, 6.07) is 11.7. The summed E-state index contributed by atoms with van der Waals surface area (Å²) in [7, 11) is 1.58. The molecule has 1 heterocycles. The van der Waals surface area contributed by atoms with Crippen molar-refractivity contribution < 1.29 is 14.4 Å². The molecular formula is C22H21Cl2N3O3. The molecule has 156 valence electrons. The Labute approximate surface area is 185 Å². The number of benzene rings is 2. The van der Waals surface area contributed by atoms with Gasteiger partial charge < -0.3 is 15.1 Å². The van der Waals surface area contributed by atoms with Crippen molar-refractivity contribution in [3.8, 4) is 0 Å². The third-order valence-electron chi connectivity index (χ3n) is 4.81. The van der Waals surface area contributed by atoms with Gasteiger partial charge in [-0.1, -0.05) is 35.3 Å². The number of rotatable bonds is 4. The van der Waals surface area contributed by atoms with Gasteiger partial charge in [0.25, 0.3) is 11.8 Å². The van der Waals surface area contributed by atoms with Gasteiger partial charge in [0, 0.05) is 60.5 Å². The Morgan fingerprint density at radius 1 is 0.867 bits per heavy atom. The van der Waals surface area contributed by atoms with Crippen LogP contribution in [0.1, 0.15) is 26.3 Å². The lowest BCUT2D eigenvalue weighted by molar-refractivity contribution is -0.127. The van der Waals surface area contributed by atoms with Crippen LogP contribution < -0.4 is 5.32 Å². The Balaban J connectivity index is 1.55. The maximum absolute atomic E-state index is 12.7. The van der Waals surface area contributed by atoms with Gasteiger partial charge >= 0.3 is 0 Å². The molecule has 1 aliphatic heterocycles. The number of halogens is 2. The standard InChI is InChI=1S/C22H21Cl2N3O3/c1-25-21(29)16-5-2-15(3-6-16)4-7-20(28)26-8-10-27(11-9-26)22(30)17-12-18(23)14-19(24)13-17/h2-7,12-14H,8-11H2,1H3,(H,25,29)/b7-4+. The van der Waals surface area contributed by atoms with Crippen LogP contribution in [-0.2, 0) is 4.79 Å². The summed E-state index contributed by atoms with van der Waals surface area (Å²) < 4.78 is 0. The average molecular weight is 446 g/mol. The lowest BCUT2D eigenvalue weighted by Crippen LogP contribution is -2.50. The number of hydrogen-bond acceptors (Lipinski definition) is 3. The van der Waals surface area contributed by atoms with Crippen LogP contribution in [0.3, 0.4) is 0 Å². The summed E-state index contributed by atoms with van der Waals surface area (Å²) in [6.07, 6.45) is 3.21. The SMILES string of the molecule is CNC(=O)c1ccc(/C=C/C(=O)N2CCN(C(=O)c3cc(Cl)cc(Cl)c3)CC2)cc1. The molecule has 2 aromatic rings. The van der Waals surface area contributed by atoms with Crippen LogP contribution in [0.4, 0.5) is 0 Å². The van der Waals surface area contributed by atoms with Gasteiger partial charge in [-0.25, -0.2) is 0 Å². The van der Waals surface area contributed by atoms with Gasteiger partial charge in [-0.2, -0.15) is 0 Å². The molecule has 3 amide bonds. The van der Waals surface area contributed by atoms with E-state index in [0.29, 0.717) is 47.4 Å². The molecule has 0 radical (unpaired) electrons. The van der Waals surface area contributed by atoms with Crippen LogP contribution in [0.5, 0.6) is 0 Å². The zero-order valence-corrected chi connectivity index (χ0v) is 17.9. The highest BCUT2D eigenvalue weighted by molar-refractivity contribution is 6.35. The van der Waals surface area contributed by atoms with Crippen molar-refractivity contribution in [3.63, 3.8) is 0 Å². The molecule has 1 aliphatic rings. The van der Waals surface area contributed by atoms with Gasteiger partial charge in [-0.05, 0) is 42.0 Å². The topological polar surface area (TPSA) is 69.7 Å². The van der Waals surface area contributed by atoms with Crippen molar-refractivity contribution in [1.29, 1.82) is 0 Å². The highest BCUT2D eigenvalue weighted by Crippen LogP contribution is 2.21. The van der Waals surface area contributed by atoms with E-state index >= 15 is 0 Å². The third kappa shape index (κ3) is 5.40. The molecule has 0 unspecified atom stereocenters. The van der Waals surface area contributed by atoms with Crippen LogP contribution in [-0.4, -0.2) is 60.7 Å². The predicted molar refractivity (Wildman–Crippen MR) is 118 cm³/mol. The third-order valence-corrected chi connectivity index (χ3v) is 5.24. The maximum Gasteiger partial charge on any atom is 0.254 e. The number of nitrogens with zero attached hydrogens (tertiary/aromatic N) is 2. The number of nitrogens with one attached hydrogen (secondary N) is 1. The Morgan fingerprint density at radius 3 is 2.00 bits per heavy atom.